The van der Waals surface area contributed by atoms with Crippen molar-refractivity contribution in [3.63, 3.8) is 0 Å². The normalized spacial score (nSPS) is 10.3. The van der Waals surface area contributed by atoms with Crippen molar-refractivity contribution in [3.8, 4) is 11.5 Å². The lowest BCUT2D eigenvalue weighted by molar-refractivity contribution is 0.326. The average molecular weight is 342 g/mol. The van der Waals surface area contributed by atoms with E-state index in [1.165, 1.54) is 23.5 Å². The molecule has 0 radical (unpaired) electrons. The molecule has 0 saturated carbocycles. The van der Waals surface area contributed by atoms with Crippen LogP contribution in [0, 0.1) is 10.8 Å². The van der Waals surface area contributed by atoms with E-state index in [9.17, 15) is 0 Å². The third-order valence-electron chi connectivity index (χ3n) is 2.58. The monoisotopic (exact) mass is 342 g/mol. The molecule has 0 aromatic heterocycles. The fraction of sp³-hybridized carbons (Fsp3) is 0.429. The molecule has 0 aliphatic rings. The minimum absolute atomic E-state index is 0.0592. The molecule has 0 aliphatic carbocycles. The highest BCUT2D eigenvalue weighted by molar-refractivity contribution is 8.13. The summed E-state index contributed by atoms with van der Waals surface area (Å²) in [4.78, 5) is 0. The first-order valence-electron chi connectivity index (χ1n) is 6.82. The zero-order valence-corrected chi connectivity index (χ0v) is 14.4. The molecule has 122 valence electrons. The molecule has 8 heteroatoms. The van der Waals surface area contributed by atoms with Crippen LogP contribution in [0.15, 0.2) is 12.1 Å². The van der Waals surface area contributed by atoms with Gasteiger partial charge in [0.05, 0.1) is 13.2 Å². The Labute approximate surface area is 139 Å². The molecule has 0 amide bonds. The van der Waals surface area contributed by atoms with Crippen molar-refractivity contribution in [2.45, 2.75) is 25.4 Å². The standard InChI is InChI=1S/C14H22N4O2S2/c1-3-19-11-5-9(7-21-13(15)16)12(20-4-2)10(6-11)8-22-14(17)18/h5-6H,3-4,7-8H2,1-2H3,(H3,15,16)(H3,17,18). The third-order valence-corrected chi connectivity index (χ3v) is 4.11. The summed E-state index contributed by atoms with van der Waals surface area (Å²) in [6.45, 7) is 4.93. The highest BCUT2D eigenvalue weighted by Gasteiger charge is 2.14. The third kappa shape index (κ3) is 6.07. The SMILES string of the molecule is CCOc1cc(CSC(=N)N)c(OCC)c(CSC(=N)N)c1. The lowest BCUT2D eigenvalue weighted by atomic mass is 10.1. The van der Waals surface area contributed by atoms with Crippen molar-refractivity contribution in [1.82, 2.24) is 0 Å². The molecule has 1 rings (SSSR count). The summed E-state index contributed by atoms with van der Waals surface area (Å²) in [5.41, 5.74) is 12.7. The largest absolute Gasteiger partial charge is 0.494 e. The number of nitrogens with one attached hydrogen (secondary N) is 2. The van der Waals surface area contributed by atoms with E-state index in [-0.39, 0.29) is 10.3 Å². The molecule has 0 atom stereocenters. The van der Waals surface area contributed by atoms with E-state index < -0.39 is 0 Å². The Balaban J connectivity index is 3.16. The number of hydrogen-bond acceptors (Lipinski definition) is 6. The van der Waals surface area contributed by atoms with Crippen molar-refractivity contribution >= 4 is 33.9 Å². The van der Waals surface area contributed by atoms with Gasteiger partial charge >= 0.3 is 0 Å². The van der Waals surface area contributed by atoms with E-state index in [0.717, 1.165) is 22.6 Å². The van der Waals surface area contributed by atoms with Gasteiger partial charge in [0.15, 0.2) is 10.3 Å². The van der Waals surface area contributed by atoms with Gasteiger partial charge in [-0.2, -0.15) is 0 Å². The number of ether oxygens (including phenoxy) is 2. The Bertz CT molecular complexity index is 499. The summed E-state index contributed by atoms with van der Waals surface area (Å²) >= 11 is 2.47. The second kappa shape index (κ2) is 9.47. The Morgan fingerprint density at radius 2 is 1.41 bits per heavy atom. The first-order valence-corrected chi connectivity index (χ1v) is 8.80. The fourth-order valence-electron chi connectivity index (χ4n) is 1.83. The van der Waals surface area contributed by atoms with Crippen LogP contribution in [0.3, 0.4) is 0 Å². The molecule has 22 heavy (non-hydrogen) atoms. The van der Waals surface area contributed by atoms with Crippen LogP contribution in [0.25, 0.3) is 0 Å². The molecular weight excluding hydrogens is 320 g/mol. The van der Waals surface area contributed by atoms with Crippen LogP contribution in [0.5, 0.6) is 11.5 Å². The first-order chi connectivity index (χ1) is 10.5. The summed E-state index contributed by atoms with van der Waals surface area (Å²) in [7, 11) is 0. The van der Waals surface area contributed by atoms with Gasteiger partial charge in [-0.25, -0.2) is 0 Å². The zero-order valence-electron chi connectivity index (χ0n) is 12.8. The Morgan fingerprint density at radius 1 is 0.955 bits per heavy atom. The number of amidine groups is 2. The van der Waals surface area contributed by atoms with Crippen molar-refractivity contribution < 1.29 is 9.47 Å². The van der Waals surface area contributed by atoms with Gasteiger partial charge in [-0.15, -0.1) is 0 Å². The Hall–Kier alpha value is -1.54. The van der Waals surface area contributed by atoms with Gasteiger partial charge < -0.3 is 20.9 Å². The number of rotatable bonds is 8. The molecule has 0 unspecified atom stereocenters. The highest BCUT2D eigenvalue weighted by Crippen LogP contribution is 2.34. The van der Waals surface area contributed by atoms with E-state index in [2.05, 4.69) is 0 Å². The van der Waals surface area contributed by atoms with E-state index in [1.807, 2.05) is 26.0 Å². The highest BCUT2D eigenvalue weighted by atomic mass is 32.2. The average Bonchev–Trinajstić information content (AvgIpc) is 2.45. The number of benzene rings is 1. The maximum absolute atomic E-state index is 7.36. The van der Waals surface area contributed by atoms with Gasteiger partial charge in [-0.1, -0.05) is 23.5 Å². The van der Waals surface area contributed by atoms with Gasteiger partial charge in [0.2, 0.25) is 0 Å². The van der Waals surface area contributed by atoms with Gasteiger partial charge in [-0.05, 0) is 26.0 Å². The molecular formula is C14H22N4O2S2. The number of nitrogens with two attached hydrogens (primary N) is 2. The van der Waals surface area contributed by atoms with E-state index in [0.29, 0.717) is 24.7 Å². The van der Waals surface area contributed by atoms with Gasteiger partial charge in [0.25, 0.3) is 0 Å². The summed E-state index contributed by atoms with van der Waals surface area (Å²) in [6.07, 6.45) is 0. The smallest absolute Gasteiger partial charge is 0.151 e. The van der Waals surface area contributed by atoms with Crippen molar-refractivity contribution in [1.29, 1.82) is 10.8 Å². The second-order valence-corrected chi connectivity index (χ2v) is 6.28. The zero-order chi connectivity index (χ0) is 16.5. The molecule has 0 saturated heterocycles. The molecule has 0 spiro atoms. The van der Waals surface area contributed by atoms with Crippen LogP contribution in [-0.4, -0.2) is 23.5 Å². The molecule has 1 aromatic rings. The summed E-state index contributed by atoms with van der Waals surface area (Å²) < 4.78 is 11.4. The van der Waals surface area contributed by atoms with Gasteiger partial charge in [0, 0.05) is 22.6 Å². The Morgan fingerprint density at radius 3 is 1.77 bits per heavy atom. The van der Waals surface area contributed by atoms with E-state index >= 15 is 0 Å². The van der Waals surface area contributed by atoms with Crippen LogP contribution < -0.4 is 20.9 Å². The number of hydrogen-bond donors (Lipinski definition) is 4. The van der Waals surface area contributed by atoms with Crippen LogP contribution in [0.2, 0.25) is 0 Å². The molecule has 1 aromatic carbocycles. The van der Waals surface area contributed by atoms with Crippen molar-refractivity contribution in [2.24, 2.45) is 11.5 Å². The summed E-state index contributed by atoms with van der Waals surface area (Å²) in [6, 6.07) is 3.82. The summed E-state index contributed by atoms with van der Waals surface area (Å²) in [5.74, 6) is 2.56. The quantitative estimate of drug-likeness (QED) is 0.426. The second-order valence-electron chi connectivity index (χ2n) is 4.24. The van der Waals surface area contributed by atoms with Crippen LogP contribution >= 0.6 is 23.5 Å². The summed E-state index contributed by atoms with van der Waals surface area (Å²) in [5, 5.41) is 14.8. The van der Waals surface area contributed by atoms with Gasteiger partial charge in [-0.3, -0.25) is 10.8 Å². The van der Waals surface area contributed by atoms with Crippen LogP contribution in [0.4, 0.5) is 0 Å². The minimum Gasteiger partial charge on any atom is -0.494 e. The molecule has 0 heterocycles. The molecule has 0 fully saturated rings. The lowest BCUT2D eigenvalue weighted by Gasteiger charge is -2.17. The molecule has 0 bridgehead atoms. The topological polar surface area (TPSA) is 118 Å². The predicted molar refractivity (Wildman–Crippen MR) is 95.2 cm³/mol. The lowest BCUT2D eigenvalue weighted by Crippen LogP contribution is -2.08. The number of thioether (sulfide) groups is 2. The Kier molecular flexibility index (Phi) is 7.97. The predicted octanol–water partition coefficient (Wildman–Crippen LogP) is 2.74. The van der Waals surface area contributed by atoms with Crippen LogP contribution in [-0.2, 0) is 11.5 Å². The van der Waals surface area contributed by atoms with Crippen molar-refractivity contribution in [3.05, 3.63) is 23.3 Å². The fourth-order valence-corrected chi connectivity index (χ4v) is 2.88. The maximum atomic E-state index is 7.36. The first kappa shape index (κ1) is 18.5. The maximum Gasteiger partial charge on any atom is 0.151 e. The van der Waals surface area contributed by atoms with Gasteiger partial charge in [0.1, 0.15) is 11.5 Å². The molecule has 0 aliphatic heterocycles. The van der Waals surface area contributed by atoms with Crippen molar-refractivity contribution in [2.75, 3.05) is 13.2 Å². The van der Waals surface area contributed by atoms with E-state index in [4.69, 9.17) is 31.8 Å². The van der Waals surface area contributed by atoms with Crippen LogP contribution in [0.1, 0.15) is 25.0 Å². The minimum atomic E-state index is 0.0592. The van der Waals surface area contributed by atoms with E-state index in [1.54, 1.807) is 0 Å². The molecule has 6 nitrogen and oxygen atoms in total. The molecule has 6 N–H and O–H groups in total.